The summed E-state index contributed by atoms with van der Waals surface area (Å²) in [5.74, 6) is -2.67. The van der Waals surface area contributed by atoms with Gasteiger partial charge in [0.05, 0.1) is 55.1 Å². The van der Waals surface area contributed by atoms with E-state index in [-0.39, 0.29) is 35.9 Å². The maximum absolute atomic E-state index is 13.7. The molecule has 2 N–H and O–H groups in total. The van der Waals surface area contributed by atoms with Crippen LogP contribution in [-0.2, 0) is 66.4 Å². The smallest absolute Gasteiger partial charge is 0.336 e. The first-order chi connectivity index (χ1) is 27.7. The van der Waals surface area contributed by atoms with Crippen LogP contribution in [0, 0.1) is 23.2 Å². The SMILES string of the molecule is CO[C@@H]1[C@@H](O)[C@H](O[C@H]2CC[C@@]3(C)C(=CC[C@H]4C(=O)O[C@@H]5CO[C@]6(C)OC(=O)/C(=C\C[C@@H]43)[C@H]56)C2)O[C@H](C)[C@H]1O[C@H]1C[C@H](OC)[C@H](O[C@H]2C[C@H](OC)[C@H](O)[C@@H](C)O2)[C@H](C)O1. The van der Waals surface area contributed by atoms with Crippen LogP contribution in [0.2, 0.25) is 0 Å². The number of carbonyl (C=O) groups is 2. The molecule has 0 aromatic heterocycles. The van der Waals surface area contributed by atoms with E-state index in [1.807, 2.05) is 19.9 Å². The van der Waals surface area contributed by atoms with Crippen molar-refractivity contribution in [1.82, 2.24) is 0 Å². The van der Waals surface area contributed by atoms with Gasteiger partial charge in [-0.25, -0.2) is 4.79 Å². The maximum atomic E-state index is 13.7. The minimum atomic E-state index is -1.16. The molecule has 0 aromatic carbocycles. The molecule has 6 heterocycles. The van der Waals surface area contributed by atoms with Gasteiger partial charge < -0.3 is 67.1 Å². The van der Waals surface area contributed by atoms with Crippen molar-refractivity contribution in [2.24, 2.45) is 23.2 Å². The van der Waals surface area contributed by atoms with Gasteiger partial charge in [0.25, 0.3) is 0 Å². The summed E-state index contributed by atoms with van der Waals surface area (Å²) in [5.41, 5.74) is 1.40. The van der Waals surface area contributed by atoms with Crippen LogP contribution in [0.15, 0.2) is 23.3 Å². The van der Waals surface area contributed by atoms with Gasteiger partial charge >= 0.3 is 11.9 Å². The molecule has 0 bridgehead atoms. The van der Waals surface area contributed by atoms with Crippen molar-refractivity contribution in [3.8, 4) is 0 Å². The van der Waals surface area contributed by atoms with E-state index in [0.29, 0.717) is 44.1 Å². The van der Waals surface area contributed by atoms with Crippen molar-refractivity contribution in [2.45, 2.75) is 177 Å². The third-order valence-electron chi connectivity index (χ3n) is 14.4. The molecule has 16 heteroatoms. The van der Waals surface area contributed by atoms with Gasteiger partial charge in [-0.3, -0.25) is 4.79 Å². The molecule has 0 amide bonds. The Morgan fingerprint density at radius 2 is 1.47 bits per heavy atom. The lowest BCUT2D eigenvalue weighted by molar-refractivity contribution is -0.353. The number of aliphatic hydroxyl groups is 2. The summed E-state index contributed by atoms with van der Waals surface area (Å²) in [7, 11) is 4.70. The predicted octanol–water partition coefficient (Wildman–Crippen LogP) is 2.84. The third kappa shape index (κ3) is 7.61. The Morgan fingerprint density at radius 3 is 2.19 bits per heavy atom. The highest BCUT2D eigenvalue weighted by Crippen LogP contribution is 2.56. The van der Waals surface area contributed by atoms with Crippen molar-refractivity contribution in [3.63, 3.8) is 0 Å². The van der Waals surface area contributed by atoms with Gasteiger partial charge in [-0.1, -0.05) is 24.6 Å². The van der Waals surface area contributed by atoms with E-state index in [2.05, 4.69) is 13.0 Å². The molecule has 0 spiro atoms. The topological polar surface area (TPSA) is 185 Å². The number of methoxy groups -OCH3 is 3. The lowest BCUT2D eigenvalue weighted by Crippen LogP contribution is -2.61. The molecule has 8 rings (SSSR count). The summed E-state index contributed by atoms with van der Waals surface area (Å²) in [6, 6.07) is 0. The third-order valence-corrected chi connectivity index (χ3v) is 14.4. The molecule has 6 aliphatic heterocycles. The number of carbonyl (C=O) groups excluding carboxylic acids is 2. The summed E-state index contributed by atoms with van der Waals surface area (Å²) < 4.78 is 72.7. The van der Waals surface area contributed by atoms with Gasteiger partial charge in [0, 0.05) is 46.7 Å². The quantitative estimate of drug-likeness (QED) is 0.255. The minimum Gasteiger partial charge on any atom is -0.459 e. The zero-order chi connectivity index (χ0) is 41.3. The summed E-state index contributed by atoms with van der Waals surface area (Å²) in [6.45, 7) is 9.66. The van der Waals surface area contributed by atoms with Crippen LogP contribution in [0.5, 0.6) is 0 Å². The van der Waals surface area contributed by atoms with Gasteiger partial charge in [0.15, 0.2) is 18.9 Å². The Labute approximate surface area is 340 Å². The fourth-order valence-electron chi connectivity index (χ4n) is 11.1. The summed E-state index contributed by atoms with van der Waals surface area (Å²) >= 11 is 0. The molecule has 16 nitrogen and oxygen atoms in total. The lowest BCUT2D eigenvalue weighted by atomic mass is 9.55. The van der Waals surface area contributed by atoms with Gasteiger partial charge in [0.1, 0.15) is 36.6 Å². The van der Waals surface area contributed by atoms with Gasteiger partial charge in [0.2, 0.25) is 5.79 Å². The molecule has 20 atom stereocenters. The minimum absolute atomic E-state index is 0.0780. The molecule has 0 unspecified atom stereocenters. The maximum Gasteiger partial charge on any atom is 0.336 e. The first-order valence-corrected chi connectivity index (χ1v) is 21.0. The number of aliphatic hydroxyl groups excluding tert-OH is 2. The van der Waals surface area contributed by atoms with E-state index < -0.39 is 104 Å². The van der Waals surface area contributed by atoms with E-state index in [0.717, 1.165) is 6.42 Å². The Kier molecular flexibility index (Phi) is 12.2. The van der Waals surface area contributed by atoms with E-state index >= 15 is 0 Å². The largest absolute Gasteiger partial charge is 0.459 e. The highest BCUT2D eigenvalue weighted by molar-refractivity contribution is 5.92. The van der Waals surface area contributed by atoms with Crippen LogP contribution >= 0.6 is 0 Å². The fourth-order valence-corrected chi connectivity index (χ4v) is 11.1. The Hall–Kier alpha value is -2.06. The average molecular weight is 823 g/mol. The molecule has 0 aromatic rings. The lowest BCUT2D eigenvalue weighted by Gasteiger charge is -2.51. The number of esters is 2. The molecule has 8 aliphatic rings. The van der Waals surface area contributed by atoms with Gasteiger partial charge in [-0.2, -0.15) is 0 Å². The fraction of sp³-hybridized carbons (Fsp3) is 0.857. The number of hydrogen-bond acceptors (Lipinski definition) is 16. The molecule has 1 saturated carbocycles. The Morgan fingerprint density at radius 1 is 0.776 bits per heavy atom. The standard InChI is InChI=1S/C42H62O16/c1-19-33(43)27(47-6)16-30(51-19)56-35-20(2)52-31(17-28(35)48-7)57-36-21(3)53-40(34(44)37(36)49-8)54-23-13-14-41(4)22(15-23)9-10-24-26(41)12-11-25-32-29(55-38(24)45)18-50-42(32,5)58-39(25)46/h9,11,19-21,23-24,26-37,40,43-44H,10,12-18H2,1-8H3/b25-11-/t19-,20+,21-,23+,24-,26+,27+,28+,29-,30+,31+,32-,33-,34-,35-,36-,37-,40+,41+,42-/m1/s1. The first kappa shape index (κ1) is 42.6. The molecular weight excluding hydrogens is 760 g/mol. The Balaban J connectivity index is 0.889. The van der Waals surface area contributed by atoms with Crippen LogP contribution in [0.1, 0.15) is 79.6 Å². The molecule has 2 aliphatic carbocycles. The molecule has 326 valence electrons. The van der Waals surface area contributed by atoms with Gasteiger partial charge in [-0.15, -0.1) is 0 Å². The predicted molar refractivity (Wildman–Crippen MR) is 199 cm³/mol. The number of ether oxygens (including phenoxy) is 12. The van der Waals surface area contributed by atoms with Crippen molar-refractivity contribution in [3.05, 3.63) is 23.3 Å². The molecular formula is C42H62O16. The van der Waals surface area contributed by atoms with Crippen LogP contribution < -0.4 is 0 Å². The van der Waals surface area contributed by atoms with Gasteiger partial charge in [-0.05, 0) is 64.2 Å². The normalized spacial score (nSPS) is 51.4. The molecule has 5 saturated heterocycles. The van der Waals surface area contributed by atoms with Crippen molar-refractivity contribution < 1.29 is 76.6 Å². The van der Waals surface area contributed by atoms with E-state index in [9.17, 15) is 19.8 Å². The Bertz CT molecular complexity index is 1590. The molecule has 58 heavy (non-hydrogen) atoms. The van der Waals surface area contributed by atoms with Crippen molar-refractivity contribution in [2.75, 3.05) is 27.9 Å². The van der Waals surface area contributed by atoms with Crippen LogP contribution in [-0.4, -0.2) is 148 Å². The van der Waals surface area contributed by atoms with Crippen LogP contribution in [0.25, 0.3) is 0 Å². The first-order valence-electron chi connectivity index (χ1n) is 21.0. The molecule has 6 fully saturated rings. The summed E-state index contributed by atoms with van der Waals surface area (Å²) in [6.07, 6.45) is -1.34. The monoisotopic (exact) mass is 822 g/mol. The number of hydrogen-bond donors (Lipinski definition) is 2. The van der Waals surface area contributed by atoms with E-state index in [1.165, 1.54) is 12.7 Å². The summed E-state index contributed by atoms with van der Waals surface area (Å²) in [4.78, 5) is 26.7. The van der Waals surface area contributed by atoms with Crippen molar-refractivity contribution in [1.29, 1.82) is 0 Å². The number of allylic oxidation sites excluding steroid dienone is 2. The molecule has 0 radical (unpaired) electrons. The zero-order valence-electron chi connectivity index (χ0n) is 34.8. The zero-order valence-corrected chi connectivity index (χ0v) is 34.8. The van der Waals surface area contributed by atoms with Crippen LogP contribution in [0.4, 0.5) is 0 Å². The number of fused-ring (bicyclic) bond motifs is 3. The highest BCUT2D eigenvalue weighted by Gasteiger charge is 2.61. The van der Waals surface area contributed by atoms with E-state index in [4.69, 9.17) is 56.8 Å². The average Bonchev–Trinajstić information content (AvgIpc) is 3.65. The van der Waals surface area contributed by atoms with Crippen molar-refractivity contribution >= 4 is 11.9 Å². The second-order valence-electron chi connectivity index (χ2n) is 17.8. The second-order valence-corrected chi connectivity index (χ2v) is 17.8. The number of rotatable bonds is 9. The highest BCUT2D eigenvalue weighted by atomic mass is 16.8. The second kappa shape index (κ2) is 16.7. The van der Waals surface area contributed by atoms with E-state index in [1.54, 1.807) is 28.1 Å². The van der Waals surface area contributed by atoms with Crippen LogP contribution in [0.3, 0.4) is 0 Å². The summed E-state index contributed by atoms with van der Waals surface area (Å²) in [5, 5.41) is 22.0.